The van der Waals surface area contributed by atoms with Crippen molar-refractivity contribution in [1.29, 1.82) is 0 Å². The van der Waals surface area contributed by atoms with Gasteiger partial charge in [0.2, 0.25) is 10.0 Å². The Labute approximate surface area is 218 Å². The third kappa shape index (κ3) is 5.36. The highest BCUT2D eigenvalue weighted by Crippen LogP contribution is 2.21. The van der Waals surface area contributed by atoms with Crippen LogP contribution in [-0.2, 0) is 23.1 Å². The van der Waals surface area contributed by atoms with E-state index in [0.29, 0.717) is 29.7 Å². The first-order chi connectivity index (χ1) is 18.3. The Bertz CT molecular complexity index is 1610. The Kier molecular flexibility index (Phi) is 7.34. The van der Waals surface area contributed by atoms with Crippen LogP contribution in [0.4, 0.5) is 4.39 Å². The highest BCUT2D eigenvalue weighted by molar-refractivity contribution is 7.89. The van der Waals surface area contributed by atoms with Gasteiger partial charge in [-0.3, -0.25) is 14.2 Å². The first-order valence-electron chi connectivity index (χ1n) is 12.4. The SMILES string of the molecule is O=C(NCCn1ncc2c(=O)n(Cc3ccc(F)cc3)cnc21)c1ccc(S(=O)(=O)N2CCCCC2)cc1. The van der Waals surface area contributed by atoms with Gasteiger partial charge in [0.05, 0.1) is 24.2 Å². The Morgan fingerprint density at radius 2 is 1.71 bits per heavy atom. The van der Waals surface area contributed by atoms with Gasteiger partial charge in [-0.1, -0.05) is 18.6 Å². The van der Waals surface area contributed by atoms with Crippen LogP contribution in [0.3, 0.4) is 0 Å². The van der Waals surface area contributed by atoms with E-state index in [9.17, 15) is 22.4 Å². The fraction of sp³-hybridized carbons (Fsp3) is 0.308. The van der Waals surface area contributed by atoms with E-state index in [0.717, 1.165) is 24.8 Å². The van der Waals surface area contributed by atoms with Gasteiger partial charge in [0.15, 0.2) is 5.65 Å². The molecule has 0 radical (unpaired) electrons. The number of benzene rings is 2. The summed E-state index contributed by atoms with van der Waals surface area (Å²) in [7, 11) is -3.56. The zero-order chi connectivity index (χ0) is 26.7. The van der Waals surface area contributed by atoms with Crippen molar-refractivity contribution in [2.75, 3.05) is 19.6 Å². The van der Waals surface area contributed by atoms with Crippen molar-refractivity contribution in [3.05, 3.63) is 88.4 Å². The minimum Gasteiger partial charge on any atom is -0.350 e. The topological polar surface area (TPSA) is 119 Å². The number of halogens is 1. The lowest BCUT2D eigenvalue weighted by Gasteiger charge is -2.25. The number of hydrogen-bond acceptors (Lipinski definition) is 6. The van der Waals surface area contributed by atoms with Gasteiger partial charge in [-0.25, -0.2) is 22.5 Å². The van der Waals surface area contributed by atoms with Crippen molar-refractivity contribution in [3.63, 3.8) is 0 Å². The molecule has 1 aliphatic rings. The molecule has 1 fully saturated rings. The van der Waals surface area contributed by atoms with Crippen molar-refractivity contribution in [2.24, 2.45) is 0 Å². The van der Waals surface area contributed by atoms with E-state index in [1.54, 1.807) is 12.1 Å². The predicted octanol–water partition coefficient (Wildman–Crippen LogP) is 2.39. The molecule has 0 spiro atoms. The van der Waals surface area contributed by atoms with Gasteiger partial charge in [-0.15, -0.1) is 0 Å². The molecule has 1 amide bonds. The zero-order valence-corrected chi connectivity index (χ0v) is 21.4. The van der Waals surface area contributed by atoms with E-state index in [1.165, 1.54) is 62.5 Å². The van der Waals surface area contributed by atoms with Crippen molar-refractivity contribution >= 4 is 27.0 Å². The molecule has 2 aromatic carbocycles. The van der Waals surface area contributed by atoms with Gasteiger partial charge in [0.1, 0.15) is 17.5 Å². The van der Waals surface area contributed by atoms with Crippen LogP contribution >= 0.6 is 0 Å². The van der Waals surface area contributed by atoms with E-state index in [-0.39, 0.29) is 41.8 Å². The van der Waals surface area contributed by atoms with Crippen LogP contribution in [-0.4, -0.2) is 57.6 Å². The summed E-state index contributed by atoms with van der Waals surface area (Å²) >= 11 is 0. The predicted molar refractivity (Wildman–Crippen MR) is 139 cm³/mol. The molecule has 12 heteroatoms. The fourth-order valence-electron chi connectivity index (χ4n) is 4.47. The first-order valence-corrected chi connectivity index (χ1v) is 13.8. The molecule has 2 aromatic heterocycles. The van der Waals surface area contributed by atoms with Crippen molar-refractivity contribution in [1.82, 2.24) is 29.0 Å². The second-order valence-corrected chi connectivity index (χ2v) is 11.1. The van der Waals surface area contributed by atoms with Gasteiger partial charge in [-0.05, 0) is 54.8 Å². The molecule has 5 rings (SSSR count). The zero-order valence-electron chi connectivity index (χ0n) is 20.6. The number of amides is 1. The summed E-state index contributed by atoms with van der Waals surface area (Å²) in [6, 6.07) is 11.8. The van der Waals surface area contributed by atoms with E-state index < -0.39 is 10.0 Å². The molecule has 38 heavy (non-hydrogen) atoms. The molecular formula is C26H27FN6O4S. The minimum atomic E-state index is -3.56. The van der Waals surface area contributed by atoms with Gasteiger partial charge in [0, 0.05) is 25.2 Å². The number of carbonyl (C=O) groups excluding carboxylic acids is 1. The molecule has 10 nitrogen and oxygen atoms in total. The van der Waals surface area contributed by atoms with Crippen LogP contribution < -0.4 is 10.9 Å². The summed E-state index contributed by atoms with van der Waals surface area (Å²) in [5.74, 6) is -0.696. The molecule has 0 saturated carbocycles. The van der Waals surface area contributed by atoms with Crippen LogP contribution in [0.15, 0.2) is 70.7 Å². The number of sulfonamides is 1. The van der Waals surface area contributed by atoms with Crippen molar-refractivity contribution < 1.29 is 17.6 Å². The number of hydrogen-bond donors (Lipinski definition) is 1. The van der Waals surface area contributed by atoms with Gasteiger partial charge in [-0.2, -0.15) is 9.40 Å². The van der Waals surface area contributed by atoms with Crippen LogP contribution in [0.2, 0.25) is 0 Å². The van der Waals surface area contributed by atoms with Gasteiger partial charge < -0.3 is 5.32 Å². The molecule has 0 bridgehead atoms. The summed E-state index contributed by atoms with van der Waals surface area (Å²) in [5, 5.41) is 7.36. The van der Waals surface area contributed by atoms with Gasteiger partial charge >= 0.3 is 0 Å². The number of rotatable bonds is 8. The van der Waals surface area contributed by atoms with E-state index in [1.807, 2.05) is 0 Å². The Morgan fingerprint density at radius 3 is 2.42 bits per heavy atom. The monoisotopic (exact) mass is 538 g/mol. The largest absolute Gasteiger partial charge is 0.350 e. The summed E-state index contributed by atoms with van der Waals surface area (Å²) in [6.45, 7) is 1.80. The van der Waals surface area contributed by atoms with Crippen molar-refractivity contribution in [2.45, 2.75) is 37.2 Å². The summed E-state index contributed by atoms with van der Waals surface area (Å²) in [5.41, 5.74) is 1.23. The lowest BCUT2D eigenvalue weighted by atomic mass is 10.2. The maximum Gasteiger partial charge on any atom is 0.264 e. The van der Waals surface area contributed by atoms with E-state index >= 15 is 0 Å². The first kappa shape index (κ1) is 25.7. The number of carbonyl (C=O) groups is 1. The highest BCUT2D eigenvalue weighted by atomic mass is 32.2. The van der Waals surface area contributed by atoms with Crippen LogP contribution in [0.1, 0.15) is 35.2 Å². The molecule has 1 aliphatic heterocycles. The molecule has 3 heterocycles. The molecular weight excluding hydrogens is 511 g/mol. The van der Waals surface area contributed by atoms with Crippen LogP contribution in [0, 0.1) is 5.82 Å². The number of aromatic nitrogens is 4. The van der Waals surface area contributed by atoms with Gasteiger partial charge in [0.25, 0.3) is 11.5 Å². The average molecular weight is 539 g/mol. The number of fused-ring (bicyclic) bond motifs is 1. The quantitative estimate of drug-likeness (QED) is 0.368. The normalized spacial score (nSPS) is 14.6. The number of nitrogens with one attached hydrogen (secondary N) is 1. The van der Waals surface area contributed by atoms with Crippen molar-refractivity contribution in [3.8, 4) is 0 Å². The molecule has 0 aliphatic carbocycles. The van der Waals surface area contributed by atoms with E-state index in [2.05, 4.69) is 15.4 Å². The number of piperidine rings is 1. The molecule has 198 valence electrons. The molecule has 1 saturated heterocycles. The third-order valence-electron chi connectivity index (χ3n) is 6.57. The fourth-order valence-corrected chi connectivity index (χ4v) is 5.99. The van der Waals surface area contributed by atoms with E-state index in [4.69, 9.17) is 0 Å². The average Bonchev–Trinajstić information content (AvgIpc) is 3.35. The summed E-state index contributed by atoms with van der Waals surface area (Å²) < 4.78 is 43.2. The smallest absolute Gasteiger partial charge is 0.264 e. The minimum absolute atomic E-state index is 0.176. The second kappa shape index (κ2) is 10.8. The maximum atomic E-state index is 13.1. The number of nitrogens with zero attached hydrogens (tertiary/aromatic N) is 5. The second-order valence-electron chi connectivity index (χ2n) is 9.15. The lowest BCUT2D eigenvalue weighted by Crippen LogP contribution is -2.35. The summed E-state index contributed by atoms with van der Waals surface area (Å²) in [6.07, 6.45) is 5.60. The lowest BCUT2D eigenvalue weighted by molar-refractivity contribution is 0.0952. The van der Waals surface area contributed by atoms with Crippen LogP contribution in [0.25, 0.3) is 11.0 Å². The summed E-state index contributed by atoms with van der Waals surface area (Å²) in [4.78, 5) is 30.0. The molecule has 1 N–H and O–H groups in total. The Morgan fingerprint density at radius 1 is 1.00 bits per heavy atom. The molecule has 0 unspecified atom stereocenters. The Balaban J connectivity index is 1.20. The molecule has 4 aromatic rings. The standard InChI is InChI=1S/C26H27FN6O4S/c27-21-8-4-19(5-9-21)17-31-18-29-24-23(26(31)35)16-30-33(24)15-12-28-25(34)20-6-10-22(11-7-20)38(36,37)32-13-2-1-3-14-32/h4-11,16,18H,1-3,12-15,17H2,(H,28,34). The third-order valence-corrected chi connectivity index (χ3v) is 8.48. The van der Waals surface area contributed by atoms with Crippen LogP contribution in [0.5, 0.6) is 0 Å². The maximum absolute atomic E-state index is 13.1. The highest BCUT2D eigenvalue weighted by Gasteiger charge is 2.26. The Hall–Kier alpha value is -3.90. The molecule has 0 atom stereocenters.